The number of carbonyl (C=O) groups is 2. The van der Waals surface area contributed by atoms with Crippen molar-refractivity contribution in [3.63, 3.8) is 0 Å². The van der Waals surface area contributed by atoms with E-state index in [1.807, 2.05) is 35.2 Å². The topological polar surface area (TPSA) is 61.4 Å². The first kappa shape index (κ1) is 20.3. The van der Waals surface area contributed by atoms with E-state index in [4.69, 9.17) is 0 Å². The molecule has 2 N–H and O–H groups in total. The third kappa shape index (κ3) is 6.99. The Morgan fingerprint density at radius 3 is 2.44 bits per heavy atom. The molecule has 0 aliphatic heterocycles. The smallest absolute Gasteiger partial charge is 0.243 e. The molecule has 0 heterocycles. The third-order valence-corrected chi connectivity index (χ3v) is 3.65. The van der Waals surface area contributed by atoms with E-state index in [0.29, 0.717) is 13.1 Å². The fourth-order valence-corrected chi connectivity index (χ4v) is 2.43. The molecular weight excluding hydrogens is 352 g/mol. The minimum Gasteiger partial charge on any atom is -0.346 e. The van der Waals surface area contributed by atoms with E-state index in [1.54, 1.807) is 6.08 Å². The van der Waals surface area contributed by atoms with E-state index in [1.165, 1.54) is 6.07 Å². The number of halogens is 2. The summed E-state index contributed by atoms with van der Waals surface area (Å²) in [6, 6.07) is 12.7. The lowest BCUT2D eigenvalue weighted by Crippen LogP contribution is -2.40. The van der Waals surface area contributed by atoms with Crippen LogP contribution in [0.25, 0.3) is 0 Å². The Morgan fingerprint density at radius 2 is 1.78 bits per heavy atom. The monoisotopic (exact) mass is 373 g/mol. The van der Waals surface area contributed by atoms with Crippen molar-refractivity contribution in [2.75, 3.05) is 25.0 Å². The third-order valence-electron chi connectivity index (χ3n) is 3.65. The Balaban J connectivity index is 1.81. The van der Waals surface area contributed by atoms with Gasteiger partial charge in [-0.3, -0.25) is 14.5 Å². The molecule has 0 saturated carbocycles. The van der Waals surface area contributed by atoms with Crippen LogP contribution in [0.15, 0.2) is 61.2 Å². The maximum atomic E-state index is 13.1. The van der Waals surface area contributed by atoms with Gasteiger partial charge in [-0.1, -0.05) is 36.4 Å². The minimum absolute atomic E-state index is 0.0966. The second kappa shape index (κ2) is 10.2. The number of benzene rings is 2. The van der Waals surface area contributed by atoms with E-state index < -0.39 is 17.5 Å². The second-order valence-electron chi connectivity index (χ2n) is 5.90. The maximum Gasteiger partial charge on any atom is 0.243 e. The van der Waals surface area contributed by atoms with Crippen LogP contribution in [0.3, 0.4) is 0 Å². The molecule has 2 amide bonds. The van der Waals surface area contributed by atoms with Crippen molar-refractivity contribution in [3.05, 3.63) is 78.4 Å². The van der Waals surface area contributed by atoms with Gasteiger partial charge in [-0.2, -0.15) is 0 Å². The molecule has 2 aromatic rings. The lowest BCUT2D eigenvalue weighted by atomic mass is 10.2. The number of hydrogen-bond acceptors (Lipinski definition) is 3. The summed E-state index contributed by atoms with van der Waals surface area (Å²) >= 11 is 0. The molecular formula is C20H21F2N3O2. The number of nitrogens with one attached hydrogen (secondary N) is 2. The maximum absolute atomic E-state index is 13.1. The molecule has 0 unspecified atom stereocenters. The highest BCUT2D eigenvalue weighted by Gasteiger charge is 2.12. The van der Waals surface area contributed by atoms with Crippen molar-refractivity contribution in [3.8, 4) is 0 Å². The minimum atomic E-state index is -1.06. The van der Waals surface area contributed by atoms with Crippen molar-refractivity contribution in [1.82, 2.24) is 10.2 Å². The van der Waals surface area contributed by atoms with Crippen LogP contribution >= 0.6 is 0 Å². The van der Waals surface area contributed by atoms with Gasteiger partial charge in [0.25, 0.3) is 0 Å². The summed E-state index contributed by atoms with van der Waals surface area (Å²) in [5.41, 5.74) is 1.17. The highest BCUT2D eigenvalue weighted by atomic mass is 19.2. The Labute approximate surface area is 156 Å². The normalized spacial score (nSPS) is 10.5. The van der Waals surface area contributed by atoms with E-state index in [-0.39, 0.29) is 24.7 Å². The lowest BCUT2D eigenvalue weighted by Gasteiger charge is -2.20. The zero-order chi connectivity index (χ0) is 19.6. The first-order valence-electron chi connectivity index (χ1n) is 8.36. The van der Waals surface area contributed by atoms with Crippen LogP contribution in [-0.2, 0) is 16.1 Å². The summed E-state index contributed by atoms with van der Waals surface area (Å²) < 4.78 is 26.0. The molecule has 0 aliphatic carbocycles. The van der Waals surface area contributed by atoms with Gasteiger partial charge >= 0.3 is 0 Å². The number of carbonyl (C=O) groups excluding carboxylic acids is 2. The Bertz CT molecular complexity index is 797. The number of hydrogen-bond donors (Lipinski definition) is 2. The van der Waals surface area contributed by atoms with E-state index in [9.17, 15) is 18.4 Å². The molecule has 2 aromatic carbocycles. The van der Waals surface area contributed by atoms with Gasteiger partial charge in [0.15, 0.2) is 11.6 Å². The Kier molecular flexibility index (Phi) is 7.63. The molecule has 2 rings (SSSR count). The molecule has 7 heteroatoms. The van der Waals surface area contributed by atoms with Crippen LogP contribution < -0.4 is 10.6 Å². The summed E-state index contributed by atoms with van der Waals surface area (Å²) in [6.07, 6.45) is 1.70. The highest BCUT2D eigenvalue weighted by molar-refractivity contribution is 5.94. The summed E-state index contributed by atoms with van der Waals surface area (Å²) in [5.74, 6) is -2.92. The first-order valence-corrected chi connectivity index (χ1v) is 8.36. The van der Waals surface area contributed by atoms with Crippen LogP contribution in [0.5, 0.6) is 0 Å². The predicted molar refractivity (Wildman–Crippen MR) is 99.9 cm³/mol. The van der Waals surface area contributed by atoms with Crippen LogP contribution in [0.2, 0.25) is 0 Å². The SMILES string of the molecule is C=CCN(CC(=O)NCC(=O)Nc1ccc(F)c(F)c1)Cc1ccccc1. The molecule has 5 nitrogen and oxygen atoms in total. The van der Waals surface area contributed by atoms with E-state index >= 15 is 0 Å². The molecule has 0 bridgehead atoms. The molecule has 0 aliphatic rings. The predicted octanol–water partition coefficient (Wildman–Crippen LogP) is 2.71. The van der Waals surface area contributed by atoms with Crippen LogP contribution in [0, 0.1) is 11.6 Å². The second-order valence-corrected chi connectivity index (χ2v) is 5.90. The van der Waals surface area contributed by atoms with E-state index in [2.05, 4.69) is 17.2 Å². The van der Waals surface area contributed by atoms with Gasteiger partial charge < -0.3 is 10.6 Å². The van der Waals surface area contributed by atoms with Gasteiger partial charge in [0, 0.05) is 24.8 Å². The first-order chi connectivity index (χ1) is 13.0. The summed E-state index contributed by atoms with van der Waals surface area (Å²) in [6.45, 7) is 4.60. The molecule has 0 spiro atoms. The van der Waals surface area contributed by atoms with Crippen LogP contribution in [0.4, 0.5) is 14.5 Å². The molecule has 0 saturated heterocycles. The molecule has 0 atom stereocenters. The summed E-state index contributed by atoms with van der Waals surface area (Å²) in [7, 11) is 0. The van der Waals surface area contributed by atoms with Crippen LogP contribution in [0.1, 0.15) is 5.56 Å². The van der Waals surface area contributed by atoms with Gasteiger partial charge in [0.1, 0.15) is 0 Å². The van der Waals surface area contributed by atoms with Gasteiger partial charge in [0.05, 0.1) is 13.1 Å². The molecule has 0 radical (unpaired) electrons. The fourth-order valence-electron chi connectivity index (χ4n) is 2.43. The van der Waals surface area contributed by atoms with Gasteiger partial charge in [-0.05, 0) is 17.7 Å². The zero-order valence-electron chi connectivity index (χ0n) is 14.8. The van der Waals surface area contributed by atoms with Gasteiger partial charge in [-0.25, -0.2) is 8.78 Å². The standard InChI is InChI=1S/C20H21F2N3O2/c1-2-10-25(13-15-6-4-3-5-7-15)14-20(27)23-12-19(26)24-16-8-9-17(21)18(22)11-16/h2-9,11H,1,10,12-14H2,(H,23,27)(H,24,26). The lowest BCUT2D eigenvalue weighted by molar-refractivity contribution is -0.125. The Hall–Kier alpha value is -3.06. The van der Waals surface area contributed by atoms with Crippen molar-refractivity contribution >= 4 is 17.5 Å². The van der Waals surface area contributed by atoms with Gasteiger partial charge in [-0.15, -0.1) is 6.58 Å². The van der Waals surface area contributed by atoms with Crippen molar-refractivity contribution in [2.45, 2.75) is 6.54 Å². The average molecular weight is 373 g/mol. The average Bonchev–Trinajstić information content (AvgIpc) is 2.64. The number of nitrogens with zero attached hydrogens (tertiary/aromatic N) is 1. The highest BCUT2D eigenvalue weighted by Crippen LogP contribution is 2.12. The summed E-state index contributed by atoms with van der Waals surface area (Å²) in [4.78, 5) is 25.8. The number of rotatable bonds is 9. The van der Waals surface area contributed by atoms with E-state index in [0.717, 1.165) is 17.7 Å². The van der Waals surface area contributed by atoms with Gasteiger partial charge in [0.2, 0.25) is 11.8 Å². The van der Waals surface area contributed by atoms with Crippen LogP contribution in [-0.4, -0.2) is 36.3 Å². The fraction of sp³-hybridized carbons (Fsp3) is 0.200. The largest absolute Gasteiger partial charge is 0.346 e. The molecule has 0 fully saturated rings. The van der Waals surface area contributed by atoms with Crippen molar-refractivity contribution in [1.29, 1.82) is 0 Å². The quantitative estimate of drug-likeness (QED) is 0.665. The number of anilines is 1. The van der Waals surface area contributed by atoms with Crippen molar-refractivity contribution < 1.29 is 18.4 Å². The van der Waals surface area contributed by atoms with Crippen molar-refractivity contribution in [2.24, 2.45) is 0 Å². The molecule has 142 valence electrons. The Morgan fingerprint density at radius 1 is 1.04 bits per heavy atom. The zero-order valence-corrected chi connectivity index (χ0v) is 14.8. The molecule has 27 heavy (non-hydrogen) atoms. The molecule has 0 aromatic heterocycles. The summed E-state index contributed by atoms with van der Waals surface area (Å²) in [5, 5.41) is 4.90. The number of amides is 2.